The maximum absolute atomic E-state index is 11.5. The first-order valence-corrected chi connectivity index (χ1v) is 7.35. The van der Waals surface area contributed by atoms with Crippen LogP contribution in [0, 0.1) is 6.92 Å². The Hall–Kier alpha value is -1.97. The van der Waals surface area contributed by atoms with Gasteiger partial charge in [0.15, 0.2) is 11.5 Å². The van der Waals surface area contributed by atoms with Gasteiger partial charge in [-0.2, -0.15) is 0 Å². The summed E-state index contributed by atoms with van der Waals surface area (Å²) in [6, 6.07) is 1.85. The second-order valence-electron chi connectivity index (χ2n) is 4.56. The molecule has 0 aromatic heterocycles. The first kappa shape index (κ1) is 17.1. The third-order valence-corrected chi connectivity index (χ3v) is 2.99. The summed E-state index contributed by atoms with van der Waals surface area (Å²) in [5, 5.41) is 0. The van der Waals surface area contributed by atoms with E-state index in [-0.39, 0.29) is 0 Å². The van der Waals surface area contributed by atoms with E-state index in [4.69, 9.17) is 14.2 Å². The van der Waals surface area contributed by atoms with Crippen LogP contribution in [0.25, 0.3) is 0 Å². The molecule has 0 spiro atoms. The molecule has 0 fully saturated rings. The molecule has 0 bridgehead atoms. The normalized spacial score (nSPS) is 10.1. The molecule has 0 unspecified atom stereocenters. The van der Waals surface area contributed by atoms with Crippen molar-refractivity contribution in [2.75, 3.05) is 13.2 Å². The third-order valence-electron chi connectivity index (χ3n) is 2.99. The highest BCUT2D eigenvalue weighted by Crippen LogP contribution is 2.41. The van der Waals surface area contributed by atoms with Gasteiger partial charge >= 0.3 is 5.97 Å². The minimum atomic E-state index is -0.479. The van der Waals surface area contributed by atoms with Crippen molar-refractivity contribution in [3.8, 4) is 17.2 Å². The highest BCUT2D eigenvalue weighted by atomic mass is 16.5. The monoisotopic (exact) mass is 292 g/mol. The van der Waals surface area contributed by atoms with Gasteiger partial charge in [-0.25, -0.2) is 4.79 Å². The number of rotatable bonds is 8. The Morgan fingerprint density at radius 3 is 2.33 bits per heavy atom. The van der Waals surface area contributed by atoms with Crippen molar-refractivity contribution in [2.45, 2.75) is 40.5 Å². The summed E-state index contributed by atoms with van der Waals surface area (Å²) >= 11 is 0. The Morgan fingerprint density at radius 2 is 1.81 bits per heavy atom. The maximum Gasteiger partial charge on any atom is 0.335 e. The molecular formula is C17H24O4. The van der Waals surface area contributed by atoms with Crippen molar-refractivity contribution in [2.24, 2.45) is 0 Å². The summed E-state index contributed by atoms with van der Waals surface area (Å²) in [6.45, 7) is 12.3. The van der Waals surface area contributed by atoms with Gasteiger partial charge in [0.25, 0.3) is 0 Å². The Kier molecular flexibility index (Phi) is 6.79. The first-order valence-electron chi connectivity index (χ1n) is 7.35. The van der Waals surface area contributed by atoms with Crippen molar-refractivity contribution in [3.63, 3.8) is 0 Å². The van der Waals surface area contributed by atoms with Gasteiger partial charge in [-0.3, -0.25) is 0 Å². The van der Waals surface area contributed by atoms with E-state index in [1.807, 2.05) is 26.8 Å². The number of hydrogen-bond acceptors (Lipinski definition) is 4. The average molecular weight is 292 g/mol. The Labute approximate surface area is 126 Å². The fourth-order valence-corrected chi connectivity index (χ4v) is 2.09. The van der Waals surface area contributed by atoms with Gasteiger partial charge in [0.2, 0.25) is 0 Å². The molecule has 21 heavy (non-hydrogen) atoms. The standard InChI is InChI=1S/C17H24O4/c1-6-10-13-11-14(21-15(18)7-2)12(5)16(19-8-3)17(13)20-9-4/h7,11H,2,6,8-10H2,1,3-5H3. The summed E-state index contributed by atoms with van der Waals surface area (Å²) in [4.78, 5) is 11.5. The van der Waals surface area contributed by atoms with Crippen LogP contribution in [-0.4, -0.2) is 19.2 Å². The smallest absolute Gasteiger partial charge is 0.335 e. The fourth-order valence-electron chi connectivity index (χ4n) is 2.09. The van der Waals surface area contributed by atoms with Gasteiger partial charge in [-0.1, -0.05) is 19.9 Å². The van der Waals surface area contributed by atoms with Crippen LogP contribution < -0.4 is 14.2 Å². The Balaban J connectivity index is 3.39. The van der Waals surface area contributed by atoms with Crippen LogP contribution in [0.5, 0.6) is 17.2 Å². The molecule has 0 amide bonds. The number of esters is 1. The number of ether oxygens (including phenoxy) is 3. The molecule has 0 atom stereocenters. The minimum absolute atomic E-state index is 0.479. The SMILES string of the molecule is C=CC(=O)Oc1cc(CCC)c(OCC)c(OCC)c1C. The summed E-state index contributed by atoms with van der Waals surface area (Å²) < 4.78 is 16.8. The van der Waals surface area contributed by atoms with Crippen molar-refractivity contribution >= 4 is 5.97 Å². The van der Waals surface area contributed by atoms with Crippen LogP contribution >= 0.6 is 0 Å². The highest BCUT2D eigenvalue weighted by molar-refractivity contribution is 5.84. The van der Waals surface area contributed by atoms with E-state index < -0.39 is 5.97 Å². The quantitative estimate of drug-likeness (QED) is 0.415. The van der Waals surface area contributed by atoms with Gasteiger partial charge in [0.1, 0.15) is 5.75 Å². The average Bonchev–Trinajstić information content (AvgIpc) is 2.47. The van der Waals surface area contributed by atoms with E-state index in [1.54, 1.807) is 0 Å². The zero-order valence-electron chi connectivity index (χ0n) is 13.3. The van der Waals surface area contributed by atoms with Crippen LogP contribution in [0.2, 0.25) is 0 Å². The van der Waals surface area contributed by atoms with Crippen LogP contribution in [0.3, 0.4) is 0 Å². The van der Waals surface area contributed by atoms with E-state index in [2.05, 4.69) is 13.5 Å². The lowest BCUT2D eigenvalue weighted by molar-refractivity contribution is -0.129. The molecule has 0 saturated heterocycles. The van der Waals surface area contributed by atoms with E-state index >= 15 is 0 Å². The van der Waals surface area contributed by atoms with Crippen LogP contribution in [0.1, 0.15) is 38.3 Å². The molecule has 0 aliphatic rings. The molecule has 116 valence electrons. The van der Waals surface area contributed by atoms with Gasteiger partial charge in [0, 0.05) is 17.2 Å². The lowest BCUT2D eigenvalue weighted by Gasteiger charge is -2.19. The van der Waals surface area contributed by atoms with Crippen LogP contribution in [-0.2, 0) is 11.2 Å². The molecule has 1 aromatic rings. The molecule has 0 saturated carbocycles. The molecule has 1 rings (SSSR count). The van der Waals surface area contributed by atoms with E-state index in [9.17, 15) is 4.79 Å². The molecule has 4 nitrogen and oxygen atoms in total. The predicted molar refractivity (Wildman–Crippen MR) is 83.3 cm³/mol. The highest BCUT2D eigenvalue weighted by Gasteiger charge is 2.19. The second-order valence-corrected chi connectivity index (χ2v) is 4.56. The summed E-state index contributed by atoms with van der Waals surface area (Å²) in [5.74, 6) is 1.41. The summed E-state index contributed by atoms with van der Waals surface area (Å²) in [6.07, 6.45) is 2.94. The van der Waals surface area contributed by atoms with Crippen molar-refractivity contribution < 1.29 is 19.0 Å². The molecular weight excluding hydrogens is 268 g/mol. The van der Waals surface area contributed by atoms with Crippen molar-refractivity contribution in [1.82, 2.24) is 0 Å². The van der Waals surface area contributed by atoms with Crippen LogP contribution in [0.4, 0.5) is 0 Å². The van der Waals surface area contributed by atoms with E-state index in [1.165, 1.54) is 0 Å². The number of carbonyl (C=O) groups is 1. The molecule has 0 aliphatic heterocycles. The third kappa shape index (κ3) is 4.25. The lowest BCUT2D eigenvalue weighted by Crippen LogP contribution is -2.09. The fraction of sp³-hybridized carbons (Fsp3) is 0.471. The largest absolute Gasteiger partial charge is 0.490 e. The van der Waals surface area contributed by atoms with E-state index in [0.717, 1.165) is 35.8 Å². The zero-order chi connectivity index (χ0) is 15.8. The molecule has 0 aliphatic carbocycles. The minimum Gasteiger partial charge on any atom is -0.490 e. The van der Waals surface area contributed by atoms with Crippen molar-refractivity contribution in [3.05, 3.63) is 29.8 Å². The second kappa shape index (κ2) is 8.35. The number of benzene rings is 1. The number of hydrogen-bond donors (Lipinski definition) is 0. The van der Waals surface area contributed by atoms with Gasteiger partial charge in [0.05, 0.1) is 13.2 Å². The Morgan fingerprint density at radius 1 is 1.19 bits per heavy atom. The molecule has 0 N–H and O–H groups in total. The Bertz CT molecular complexity index is 506. The summed E-state index contributed by atoms with van der Waals surface area (Å²) in [5.41, 5.74) is 1.75. The van der Waals surface area contributed by atoms with Gasteiger partial charge in [-0.15, -0.1) is 0 Å². The van der Waals surface area contributed by atoms with Gasteiger partial charge < -0.3 is 14.2 Å². The number of aryl methyl sites for hydroxylation is 1. The first-order chi connectivity index (χ1) is 10.1. The molecule has 1 aromatic carbocycles. The lowest BCUT2D eigenvalue weighted by atomic mass is 10.0. The molecule has 0 heterocycles. The predicted octanol–water partition coefficient (Wildman–Crippen LogP) is 3.84. The summed E-state index contributed by atoms with van der Waals surface area (Å²) in [7, 11) is 0. The van der Waals surface area contributed by atoms with Crippen LogP contribution in [0.15, 0.2) is 18.7 Å². The number of carbonyl (C=O) groups excluding carboxylic acids is 1. The topological polar surface area (TPSA) is 44.8 Å². The van der Waals surface area contributed by atoms with E-state index in [0.29, 0.717) is 24.7 Å². The van der Waals surface area contributed by atoms with Crippen molar-refractivity contribution in [1.29, 1.82) is 0 Å². The van der Waals surface area contributed by atoms with Gasteiger partial charge in [-0.05, 0) is 33.3 Å². The molecule has 0 radical (unpaired) electrons. The molecule has 4 heteroatoms. The maximum atomic E-state index is 11.5. The zero-order valence-corrected chi connectivity index (χ0v) is 13.3.